The zero-order chi connectivity index (χ0) is 34.6. The number of nitrogens with zero attached hydrogens (tertiary/aromatic N) is 5. The van der Waals surface area contributed by atoms with Crippen LogP contribution < -0.4 is 5.56 Å². The first kappa shape index (κ1) is 35.7. The second kappa shape index (κ2) is 14.9. The van der Waals surface area contributed by atoms with Gasteiger partial charge in [-0.15, -0.1) is 0 Å². The van der Waals surface area contributed by atoms with Gasteiger partial charge in [0.2, 0.25) is 5.78 Å². The van der Waals surface area contributed by atoms with Crippen molar-refractivity contribution in [3.05, 3.63) is 87.1 Å². The number of aromatic nitrogens is 4. The van der Waals surface area contributed by atoms with Gasteiger partial charge >= 0.3 is 0 Å². The summed E-state index contributed by atoms with van der Waals surface area (Å²) in [6, 6.07) is 18.2. The van der Waals surface area contributed by atoms with Crippen molar-refractivity contribution in [2.45, 2.75) is 129 Å². The van der Waals surface area contributed by atoms with Crippen LogP contribution in [-0.2, 0) is 22.0 Å². The van der Waals surface area contributed by atoms with Gasteiger partial charge in [-0.2, -0.15) is 15.3 Å². The van der Waals surface area contributed by atoms with Gasteiger partial charge in [0.1, 0.15) is 5.82 Å². The van der Waals surface area contributed by atoms with Crippen molar-refractivity contribution in [3.63, 3.8) is 0 Å². The lowest BCUT2D eigenvalue weighted by Gasteiger charge is -2.39. The van der Waals surface area contributed by atoms with Gasteiger partial charge in [0.15, 0.2) is 8.32 Å². The molecule has 0 radical (unpaired) electrons. The van der Waals surface area contributed by atoms with E-state index in [1.54, 1.807) is 0 Å². The lowest BCUT2D eigenvalue weighted by molar-refractivity contribution is -0.0255. The van der Waals surface area contributed by atoms with E-state index in [1.165, 1.54) is 0 Å². The summed E-state index contributed by atoms with van der Waals surface area (Å²) in [6.07, 6.45) is 6.84. The summed E-state index contributed by atoms with van der Waals surface area (Å²) in [6.45, 7) is 18.3. The highest BCUT2D eigenvalue weighted by molar-refractivity contribution is 6.74. The number of ether oxygens (including phenoxy) is 1. The normalized spacial score (nSPS) is 17.8. The van der Waals surface area contributed by atoms with Gasteiger partial charge in [0, 0.05) is 18.0 Å². The minimum atomic E-state index is -1.87. The maximum atomic E-state index is 14.5. The second-order valence-electron chi connectivity index (χ2n) is 14.9. The third-order valence-corrected chi connectivity index (χ3v) is 15.0. The Hall–Kier alpha value is -3.58. The summed E-state index contributed by atoms with van der Waals surface area (Å²) in [7, 11) is -1.87. The highest BCUT2D eigenvalue weighted by atomic mass is 28.4. The average molecular weight is 668 g/mol. The van der Waals surface area contributed by atoms with E-state index < -0.39 is 8.32 Å². The summed E-state index contributed by atoms with van der Waals surface area (Å²) in [4.78, 5) is 19.3. The van der Waals surface area contributed by atoms with Gasteiger partial charge in [-0.05, 0) is 86.3 Å². The van der Waals surface area contributed by atoms with Crippen LogP contribution in [0.25, 0.3) is 16.9 Å². The summed E-state index contributed by atoms with van der Waals surface area (Å²) in [5.41, 5.74) is 5.36. The molecule has 256 valence electrons. The monoisotopic (exact) mass is 667 g/mol. The van der Waals surface area contributed by atoms with Crippen molar-refractivity contribution >= 4 is 14.1 Å². The third kappa shape index (κ3) is 7.67. The van der Waals surface area contributed by atoms with Crippen LogP contribution in [-0.4, -0.2) is 46.3 Å². The molecule has 2 aromatic carbocycles. The minimum absolute atomic E-state index is 0.0354. The molecule has 9 heteroatoms. The number of rotatable bonds is 12. The molecule has 0 N–H and O–H groups in total. The Morgan fingerprint density at radius 3 is 2.35 bits per heavy atom. The van der Waals surface area contributed by atoms with Crippen molar-refractivity contribution in [1.82, 2.24) is 19.2 Å². The molecular formula is C39H53N5O3Si. The predicted molar refractivity (Wildman–Crippen MR) is 195 cm³/mol. The van der Waals surface area contributed by atoms with E-state index in [0.717, 1.165) is 72.9 Å². The summed E-state index contributed by atoms with van der Waals surface area (Å²) < 4.78 is 17.0. The standard InChI is InChI=1S/C39H53N5O3Si/c1-9-13-36-35(24-28-16-18-29(19-17-28)34-15-12-11-14-30(34)25-40)37(45)43(38-41-27(3)42-44(36)38)31-20-22-33(23-21-31)46-26-32(10-2)47-48(7,8)39(4,5)6/h11-12,14-19,31-33H,9-10,13,20-24,26H2,1-8H3. The number of hydrogen-bond donors (Lipinski definition) is 0. The molecule has 1 fully saturated rings. The van der Waals surface area contributed by atoms with Gasteiger partial charge < -0.3 is 9.16 Å². The van der Waals surface area contributed by atoms with E-state index in [0.29, 0.717) is 30.2 Å². The molecule has 1 atom stereocenters. The highest BCUT2D eigenvalue weighted by Crippen LogP contribution is 2.38. The summed E-state index contributed by atoms with van der Waals surface area (Å²) in [5.74, 6) is 1.31. The van der Waals surface area contributed by atoms with E-state index in [1.807, 2.05) is 52.4 Å². The Kier molecular flexibility index (Phi) is 11.1. The Labute approximate surface area is 287 Å². The first-order valence-electron chi connectivity index (χ1n) is 17.7. The molecule has 0 amide bonds. The van der Waals surface area contributed by atoms with Crippen LogP contribution in [0.3, 0.4) is 0 Å². The molecule has 8 nitrogen and oxygen atoms in total. The fourth-order valence-corrected chi connectivity index (χ4v) is 8.03. The Balaban J connectivity index is 1.37. The molecule has 4 aromatic rings. The van der Waals surface area contributed by atoms with E-state index in [9.17, 15) is 10.1 Å². The van der Waals surface area contributed by atoms with E-state index in [-0.39, 0.29) is 28.8 Å². The lowest BCUT2D eigenvalue weighted by atomic mass is 9.92. The zero-order valence-electron chi connectivity index (χ0n) is 30.2. The van der Waals surface area contributed by atoms with Gasteiger partial charge in [-0.1, -0.05) is 83.5 Å². The molecule has 1 aliphatic rings. The van der Waals surface area contributed by atoms with Gasteiger partial charge in [0.05, 0.1) is 36.1 Å². The number of benzene rings is 2. The topological polar surface area (TPSA) is 94.4 Å². The van der Waals surface area contributed by atoms with Crippen molar-refractivity contribution in [1.29, 1.82) is 5.26 Å². The molecule has 2 heterocycles. The van der Waals surface area contributed by atoms with Gasteiger partial charge in [0.25, 0.3) is 5.56 Å². The van der Waals surface area contributed by atoms with Crippen LogP contribution in [0.1, 0.15) is 107 Å². The molecular weight excluding hydrogens is 615 g/mol. The first-order chi connectivity index (χ1) is 22.9. The lowest BCUT2D eigenvalue weighted by Crippen LogP contribution is -2.45. The van der Waals surface area contributed by atoms with Gasteiger partial charge in [-0.25, -0.2) is 4.52 Å². The smallest absolute Gasteiger partial charge is 0.259 e. The summed E-state index contributed by atoms with van der Waals surface area (Å²) in [5, 5.41) is 14.6. The third-order valence-electron chi connectivity index (χ3n) is 10.4. The fourth-order valence-electron chi connectivity index (χ4n) is 6.61. The molecule has 0 aliphatic heterocycles. The molecule has 0 saturated heterocycles. The minimum Gasteiger partial charge on any atom is -0.412 e. The maximum absolute atomic E-state index is 14.5. The molecule has 0 bridgehead atoms. The number of hydrogen-bond acceptors (Lipinski definition) is 6. The largest absolute Gasteiger partial charge is 0.412 e. The van der Waals surface area contributed by atoms with Crippen molar-refractivity contribution in [2.24, 2.45) is 0 Å². The van der Waals surface area contributed by atoms with Crippen LogP contribution in [0.2, 0.25) is 18.1 Å². The first-order valence-corrected chi connectivity index (χ1v) is 20.6. The van der Waals surface area contributed by atoms with E-state index >= 15 is 0 Å². The van der Waals surface area contributed by atoms with Crippen LogP contribution in [0, 0.1) is 18.3 Å². The summed E-state index contributed by atoms with van der Waals surface area (Å²) >= 11 is 0. The molecule has 1 saturated carbocycles. The quantitative estimate of drug-likeness (QED) is 0.141. The highest BCUT2D eigenvalue weighted by Gasteiger charge is 2.39. The number of aryl methyl sites for hydroxylation is 2. The Morgan fingerprint density at radius 2 is 1.73 bits per heavy atom. The average Bonchev–Trinajstić information content (AvgIpc) is 3.45. The SMILES string of the molecule is CCCc1c(Cc2ccc(-c3ccccc3C#N)cc2)c(=O)n(C2CCC(OCC(CC)O[Si](C)(C)C(C)(C)C)CC2)c2nc(C)nn12. The van der Waals surface area contributed by atoms with Crippen LogP contribution in [0.5, 0.6) is 0 Å². The van der Waals surface area contributed by atoms with Crippen LogP contribution >= 0.6 is 0 Å². The van der Waals surface area contributed by atoms with Gasteiger partial charge in [-0.3, -0.25) is 9.36 Å². The maximum Gasteiger partial charge on any atom is 0.259 e. The molecule has 2 aromatic heterocycles. The number of nitriles is 1. The van der Waals surface area contributed by atoms with Crippen molar-refractivity contribution in [2.75, 3.05) is 6.61 Å². The second-order valence-corrected chi connectivity index (χ2v) is 19.7. The molecule has 1 aliphatic carbocycles. The predicted octanol–water partition coefficient (Wildman–Crippen LogP) is 8.58. The van der Waals surface area contributed by atoms with Crippen LogP contribution in [0.4, 0.5) is 0 Å². The Morgan fingerprint density at radius 1 is 1.04 bits per heavy atom. The molecule has 48 heavy (non-hydrogen) atoms. The molecule has 0 spiro atoms. The van der Waals surface area contributed by atoms with Crippen LogP contribution in [0.15, 0.2) is 53.3 Å². The van der Waals surface area contributed by atoms with E-state index in [2.05, 4.69) is 65.9 Å². The van der Waals surface area contributed by atoms with E-state index in [4.69, 9.17) is 19.2 Å². The molecule has 1 unspecified atom stereocenters. The fraction of sp³-hybridized carbons (Fsp3) is 0.538. The molecule has 5 rings (SSSR count). The van der Waals surface area contributed by atoms with Crippen molar-refractivity contribution < 1.29 is 9.16 Å². The zero-order valence-corrected chi connectivity index (χ0v) is 31.2. The Bertz CT molecular complexity index is 1800. The van der Waals surface area contributed by atoms with Crippen molar-refractivity contribution in [3.8, 4) is 17.2 Å². The number of fused-ring (bicyclic) bond motifs is 1.